The standard InChI is InChI=1S/C16H26N4O/c1-7-21-16(5,6)11-18-14-12-10-13(15(2,3)4)19-20(12)9-8-17-14/h8-10H,7,11H2,1-6H3,(H,17,18). The fourth-order valence-corrected chi connectivity index (χ4v) is 2.16. The molecule has 0 fully saturated rings. The van der Waals surface area contributed by atoms with Gasteiger partial charge < -0.3 is 10.1 Å². The first-order valence-corrected chi connectivity index (χ1v) is 7.45. The molecule has 116 valence electrons. The smallest absolute Gasteiger partial charge is 0.152 e. The van der Waals surface area contributed by atoms with Gasteiger partial charge in [-0.2, -0.15) is 5.10 Å². The maximum Gasteiger partial charge on any atom is 0.152 e. The average molecular weight is 290 g/mol. The second-order valence-corrected chi connectivity index (χ2v) is 6.93. The van der Waals surface area contributed by atoms with E-state index in [0.717, 1.165) is 17.0 Å². The Hall–Kier alpha value is -1.62. The van der Waals surface area contributed by atoms with E-state index in [0.29, 0.717) is 13.2 Å². The predicted octanol–water partition coefficient (Wildman–Crippen LogP) is 3.25. The normalized spacial score (nSPS) is 12.9. The molecule has 0 bridgehead atoms. The van der Waals surface area contributed by atoms with Crippen LogP contribution in [0.25, 0.3) is 5.52 Å². The number of aromatic nitrogens is 3. The van der Waals surface area contributed by atoms with E-state index in [1.807, 2.05) is 17.6 Å². The molecule has 0 aliphatic rings. The van der Waals surface area contributed by atoms with Gasteiger partial charge in [-0.3, -0.25) is 0 Å². The Kier molecular flexibility index (Phi) is 4.23. The lowest BCUT2D eigenvalue weighted by molar-refractivity contribution is 0.000659. The summed E-state index contributed by atoms with van der Waals surface area (Å²) in [7, 11) is 0. The van der Waals surface area contributed by atoms with Crippen molar-refractivity contribution >= 4 is 11.3 Å². The Morgan fingerprint density at radius 3 is 2.57 bits per heavy atom. The molecule has 0 spiro atoms. The summed E-state index contributed by atoms with van der Waals surface area (Å²) < 4.78 is 7.59. The van der Waals surface area contributed by atoms with Gasteiger partial charge in [-0.05, 0) is 26.8 Å². The molecule has 0 aromatic carbocycles. The Labute approximate surface area is 126 Å². The summed E-state index contributed by atoms with van der Waals surface area (Å²) in [5.74, 6) is 0.841. The molecule has 21 heavy (non-hydrogen) atoms. The maximum absolute atomic E-state index is 5.71. The van der Waals surface area contributed by atoms with Crippen molar-refractivity contribution < 1.29 is 4.74 Å². The molecular formula is C16H26N4O. The lowest BCUT2D eigenvalue weighted by Gasteiger charge is -2.25. The van der Waals surface area contributed by atoms with E-state index in [1.54, 1.807) is 6.20 Å². The minimum Gasteiger partial charge on any atom is -0.374 e. The maximum atomic E-state index is 5.71. The summed E-state index contributed by atoms with van der Waals surface area (Å²) in [6.45, 7) is 14.0. The molecule has 2 aromatic rings. The zero-order valence-corrected chi connectivity index (χ0v) is 13.9. The Balaban J connectivity index is 2.26. The van der Waals surface area contributed by atoms with Crippen molar-refractivity contribution in [2.75, 3.05) is 18.5 Å². The fraction of sp³-hybridized carbons (Fsp3) is 0.625. The predicted molar refractivity (Wildman–Crippen MR) is 85.9 cm³/mol. The first kappa shape index (κ1) is 15.8. The molecule has 2 rings (SSSR count). The van der Waals surface area contributed by atoms with Crippen LogP contribution in [0.3, 0.4) is 0 Å². The van der Waals surface area contributed by atoms with Gasteiger partial charge in [0.05, 0.1) is 11.3 Å². The number of anilines is 1. The van der Waals surface area contributed by atoms with Crippen molar-refractivity contribution in [3.63, 3.8) is 0 Å². The Morgan fingerprint density at radius 1 is 1.24 bits per heavy atom. The first-order chi connectivity index (χ1) is 9.73. The van der Waals surface area contributed by atoms with Crippen LogP contribution in [-0.2, 0) is 10.2 Å². The molecule has 0 amide bonds. The van der Waals surface area contributed by atoms with Crippen LogP contribution in [0.5, 0.6) is 0 Å². The highest BCUT2D eigenvalue weighted by molar-refractivity contribution is 5.68. The zero-order chi connectivity index (χ0) is 15.7. The molecule has 2 aromatic heterocycles. The number of nitrogens with one attached hydrogen (secondary N) is 1. The summed E-state index contributed by atoms with van der Waals surface area (Å²) in [4.78, 5) is 4.44. The molecule has 1 N–H and O–H groups in total. The van der Waals surface area contributed by atoms with Crippen molar-refractivity contribution in [2.24, 2.45) is 0 Å². The molecule has 5 heteroatoms. The van der Waals surface area contributed by atoms with Gasteiger partial charge in [0, 0.05) is 31.0 Å². The molecule has 0 radical (unpaired) electrons. The van der Waals surface area contributed by atoms with Gasteiger partial charge in [0.1, 0.15) is 5.52 Å². The third kappa shape index (κ3) is 3.73. The van der Waals surface area contributed by atoms with Gasteiger partial charge in [0.2, 0.25) is 0 Å². The lowest BCUT2D eigenvalue weighted by Crippen LogP contribution is -2.33. The van der Waals surface area contributed by atoms with E-state index in [4.69, 9.17) is 4.74 Å². The van der Waals surface area contributed by atoms with Crippen LogP contribution in [-0.4, -0.2) is 33.4 Å². The first-order valence-electron chi connectivity index (χ1n) is 7.45. The molecule has 0 saturated heterocycles. The van der Waals surface area contributed by atoms with E-state index in [9.17, 15) is 0 Å². The highest BCUT2D eigenvalue weighted by Gasteiger charge is 2.21. The molecule has 0 aliphatic heterocycles. The highest BCUT2D eigenvalue weighted by atomic mass is 16.5. The second kappa shape index (κ2) is 5.64. The van der Waals surface area contributed by atoms with Gasteiger partial charge >= 0.3 is 0 Å². The third-order valence-electron chi connectivity index (χ3n) is 3.37. The van der Waals surface area contributed by atoms with Crippen LogP contribution in [0.1, 0.15) is 47.2 Å². The van der Waals surface area contributed by atoms with Crippen LogP contribution in [0, 0.1) is 0 Å². The second-order valence-electron chi connectivity index (χ2n) is 6.93. The van der Waals surface area contributed by atoms with Crippen molar-refractivity contribution in [3.8, 4) is 0 Å². The van der Waals surface area contributed by atoms with Crippen molar-refractivity contribution in [3.05, 3.63) is 24.2 Å². The lowest BCUT2D eigenvalue weighted by atomic mass is 9.92. The van der Waals surface area contributed by atoms with Gasteiger partial charge in [-0.15, -0.1) is 0 Å². The van der Waals surface area contributed by atoms with E-state index in [2.05, 4.69) is 56.1 Å². The Morgan fingerprint density at radius 2 is 1.95 bits per heavy atom. The van der Waals surface area contributed by atoms with Gasteiger partial charge in [0.25, 0.3) is 0 Å². The van der Waals surface area contributed by atoms with E-state index < -0.39 is 0 Å². The Bertz CT molecular complexity index is 610. The van der Waals surface area contributed by atoms with Crippen molar-refractivity contribution in [1.29, 1.82) is 0 Å². The molecule has 2 heterocycles. The molecule has 0 unspecified atom stereocenters. The van der Waals surface area contributed by atoms with E-state index in [1.165, 1.54) is 0 Å². The summed E-state index contributed by atoms with van der Waals surface area (Å²) >= 11 is 0. The number of hydrogen-bond donors (Lipinski definition) is 1. The topological polar surface area (TPSA) is 51.5 Å². The summed E-state index contributed by atoms with van der Waals surface area (Å²) in [6.07, 6.45) is 3.64. The molecule has 5 nitrogen and oxygen atoms in total. The average Bonchev–Trinajstić information content (AvgIpc) is 2.80. The largest absolute Gasteiger partial charge is 0.374 e. The molecular weight excluding hydrogens is 264 g/mol. The van der Waals surface area contributed by atoms with Crippen LogP contribution >= 0.6 is 0 Å². The summed E-state index contributed by atoms with van der Waals surface area (Å²) in [5.41, 5.74) is 1.85. The molecule has 0 aliphatic carbocycles. The van der Waals surface area contributed by atoms with E-state index >= 15 is 0 Å². The number of fused-ring (bicyclic) bond motifs is 1. The number of hydrogen-bond acceptors (Lipinski definition) is 4. The van der Waals surface area contributed by atoms with Crippen LogP contribution in [0.2, 0.25) is 0 Å². The SMILES string of the molecule is CCOC(C)(C)CNc1nccn2nc(C(C)(C)C)cc12. The van der Waals surface area contributed by atoms with Gasteiger partial charge in [-0.25, -0.2) is 9.50 Å². The zero-order valence-electron chi connectivity index (χ0n) is 13.9. The fourth-order valence-electron chi connectivity index (χ4n) is 2.16. The highest BCUT2D eigenvalue weighted by Crippen LogP contribution is 2.24. The van der Waals surface area contributed by atoms with Crippen LogP contribution in [0.15, 0.2) is 18.5 Å². The molecule has 0 saturated carbocycles. The number of nitrogens with zero attached hydrogens (tertiary/aromatic N) is 3. The van der Waals surface area contributed by atoms with Crippen molar-refractivity contribution in [2.45, 2.75) is 52.6 Å². The van der Waals surface area contributed by atoms with E-state index in [-0.39, 0.29) is 11.0 Å². The quantitative estimate of drug-likeness (QED) is 0.918. The summed E-state index contributed by atoms with van der Waals surface area (Å²) in [6, 6.07) is 2.10. The van der Waals surface area contributed by atoms with Crippen LogP contribution < -0.4 is 5.32 Å². The number of ether oxygens (including phenoxy) is 1. The summed E-state index contributed by atoms with van der Waals surface area (Å²) in [5, 5.41) is 8.01. The minimum atomic E-state index is -0.226. The van der Waals surface area contributed by atoms with Gasteiger partial charge in [0.15, 0.2) is 5.82 Å². The van der Waals surface area contributed by atoms with Gasteiger partial charge in [-0.1, -0.05) is 20.8 Å². The third-order valence-corrected chi connectivity index (χ3v) is 3.37. The van der Waals surface area contributed by atoms with Crippen LogP contribution in [0.4, 0.5) is 5.82 Å². The van der Waals surface area contributed by atoms with Crippen molar-refractivity contribution in [1.82, 2.24) is 14.6 Å². The monoisotopic (exact) mass is 290 g/mol. The molecule has 0 atom stereocenters. The minimum absolute atomic E-state index is 0.0217. The number of rotatable bonds is 5.